The Hall–Kier alpha value is -0.660. The van der Waals surface area contributed by atoms with E-state index in [1.165, 1.54) is 12.1 Å². The second-order valence-corrected chi connectivity index (χ2v) is 5.53. The number of ether oxygens (including phenoxy) is 1. The number of morpholine rings is 1. The molecule has 0 aliphatic carbocycles. The predicted octanol–water partition coefficient (Wildman–Crippen LogP) is 2.05. The molecular weight excluding hydrogens is 347 g/mol. The summed E-state index contributed by atoms with van der Waals surface area (Å²) in [7, 11) is 0. The van der Waals surface area contributed by atoms with Gasteiger partial charge in [-0.2, -0.15) is 0 Å². The summed E-state index contributed by atoms with van der Waals surface area (Å²) in [4.78, 5) is 3.93. The zero-order valence-corrected chi connectivity index (χ0v) is 14.5. The molecule has 1 aromatic carbocycles. The molecule has 2 fully saturated rings. The Morgan fingerprint density at radius 2 is 1.52 bits per heavy atom. The highest BCUT2D eigenvalue weighted by molar-refractivity contribution is 5.85. The zero-order chi connectivity index (χ0) is 14.7. The molecule has 1 N–H and O–H groups in total. The third-order valence-electron chi connectivity index (χ3n) is 4.02. The maximum atomic E-state index is 14.3. The van der Waals surface area contributed by atoms with Crippen molar-refractivity contribution in [3.8, 4) is 0 Å². The maximum absolute atomic E-state index is 14.3. The molecule has 0 spiro atoms. The summed E-state index contributed by atoms with van der Waals surface area (Å²) in [5.41, 5.74) is 0.799. The van der Waals surface area contributed by atoms with E-state index in [4.69, 9.17) is 4.74 Å². The van der Waals surface area contributed by atoms with Crippen LogP contribution in [-0.2, 0) is 11.3 Å². The summed E-state index contributed by atoms with van der Waals surface area (Å²) in [5.74, 6) is -0.916. The fourth-order valence-electron chi connectivity index (χ4n) is 2.92. The van der Waals surface area contributed by atoms with Gasteiger partial charge in [0.25, 0.3) is 0 Å². The minimum absolute atomic E-state index is 0. The molecule has 0 bridgehead atoms. The topological polar surface area (TPSA) is 27.7 Å². The van der Waals surface area contributed by atoms with Crippen molar-refractivity contribution in [2.24, 2.45) is 0 Å². The SMILES string of the molecule is Cl.Cl.Fc1cc(CN2CCOCC2)cc(F)c1N1CCNCC1. The average molecular weight is 370 g/mol. The number of nitrogens with one attached hydrogen (secondary N) is 1. The first-order chi connectivity index (χ1) is 10.2. The van der Waals surface area contributed by atoms with E-state index >= 15 is 0 Å². The Labute approximate surface area is 148 Å². The van der Waals surface area contributed by atoms with Gasteiger partial charge in [0.1, 0.15) is 17.3 Å². The van der Waals surface area contributed by atoms with Crippen molar-refractivity contribution < 1.29 is 13.5 Å². The van der Waals surface area contributed by atoms with Crippen LogP contribution in [0.5, 0.6) is 0 Å². The predicted molar refractivity (Wildman–Crippen MR) is 92.0 cm³/mol. The van der Waals surface area contributed by atoms with Gasteiger partial charge in [-0.1, -0.05) is 0 Å². The van der Waals surface area contributed by atoms with Gasteiger partial charge in [0.2, 0.25) is 0 Å². The summed E-state index contributed by atoms with van der Waals surface area (Å²) < 4.78 is 33.9. The van der Waals surface area contributed by atoms with Crippen molar-refractivity contribution in [2.45, 2.75) is 6.54 Å². The summed E-state index contributed by atoms with van der Waals surface area (Å²) in [5, 5.41) is 3.18. The van der Waals surface area contributed by atoms with E-state index < -0.39 is 11.6 Å². The number of nitrogens with zero attached hydrogens (tertiary/aromatic N) is 2. The molecule has 132 valence electrons. The lowest BCUT2D eigenvalue weighted by Crippen LogP contribution is -2.44. The van der Waals surface area contributed by atoms with Gasteiger partial charge in [-0.15, -0.1) is 24.8 Å². The second-order valence-electron chi connectivity index (χ2n) is 5.53. The minimum atomic E-state index is -0.458. The smallest absolute Gasteiger partial charge is 0.149 e. The van der Waals surface area contributed by atoms with E-state index in [1.807, 2.05) is 0 Å². The van der Waals surface area contributed by atoms with Crippen molar-refractivity contribution in [1.29, 1.82) is 0 Å². The third-order valence-corrected chi connectivity index (χ3v) is 4.02. The van der Waals surface area contributed by atoms with Gasteiger partial charge < -0.3 is 15.0 Å². The van der Waals surface area contributed by atoms with Crippen LogP contribution >= 0.6 is 24.8 Å². The Kier molecular flexibility index (Phi) is 8.50. The highest BCUT2D eigenvalue weighted by Crippen LogP contribution is 2.26. The molecule has 2 aliphatic rings. The molecule has 0 atom stereocenters. The second kappa shape index (κ2) is 9.59. The number of rotatable bonds is 3. The molecule has 2 heterocycles. The number of hydrogen-bond acceptors (Lipinski definition) is 4. The highest BCUT2D eigenvalue weighted by atomic mass is 35.5. The normalized spacial score (nSPS) is 19.0. The molecule has 4 nitrogen and oxygen atoms in total. The lowest BCUT2D eigenvalue weighted by Gasteiger charge is -2.30. The van der Waals surface area contributed by atoms with E-state index in [0.29, 0.717) is 38.4 Å². The van der Waals surface area contributed by atoms with Crippen LogP contribution in [0.1, 0.15) is 5.56 Å². The van der Waals surface area contributed by atoms with E-state index in [0.717, 1.165) is 26.2 Å². The zero-order valence-electron chi connectivity index (χ0n) is 12.9. The Morgan fingerprint density at radius 3 is 2.09 bits per heavy atom. The Morgan fingerprint density at radius 1 is 0.957 bits per heavy atom. The van der Waals surface area contributed by atoms with Gasteiger partial charge >= 0.3 is 0 Å². The molecule has 3 rings (SSSR count). The summed E-state index contributed by atoms with van der Waals surface area (Å²) in [6.07, 6.45) is 0. The van der Waals surface area contributed by atoms with Crippen LogP contribution in [0.3, 0.4) is 0 Å². The van der Waals surface area contributed by atoms with Crippen LogP contribution in [0.4, 0.5) is 14.5 Å². The fraction of sp³-hybridized carbons (Fsp3) is 0.600. The van der Waals surface area contributed by atoms with Crippen molar-refractivity contribution in [3.63, 3.8) is 0 Å². The number of piperazine rings is 1. The van der Waals surface area contributed by atoms with E-state index in [-0.39, 0.29) is 30.5 Å². The quantitative estimate of drug-likeness (QED) is 0.882. The van der Waals surface area contributed by atoms with Gasteiger partial charge in [0, 0.05) is 45.8 Å². The fourth-order valence-corrected chi connectivity index (χ4v) is 2.92. The third kappa shape index (κ3) is 5.16. The Balaban J connectivity index is 0.00000132. The molecule has 0 amide bonds. The summed E-state index contributed by atoms with van der Waals surface area (Å²) in [6.45, 7) is 6.34. The highest BCUT2D eigenvalue weighted by Gasteiger charge is 2.20. The molecule has 1 aromatic rings. The van der Waals surface area contributed by atoms with Crippen LogP contribution < -0.4 is 10.2 Å². The van der Waals surface area contributed by atoms with Crippen LogP contribution in [0.15, 0.2) is 12.1 Å². The van der Waals surface area contributed by atoms with Crippen molar-refractivity contribution >= 4 is 30.5 Å². The number of halogens is 4. The van der Waals surface area contributed by atoms with Gasteiger partial charge in [-0.3, -0.25) is 4.90 Å². The first-order valence-corrected chi connectivity index (χ1v) is 7.48. The Bertz CT molecular complexity index is 473. The molecular formula is C15H23Cl2F2N3O. The molecule has 2 aliphatic heterocycles. The molecule has 0 saturated carbocycles. The van der Waals surface area contributed by atoms with Gasteiger partial charge in [0.15, 0.2) is 0 Å². The van der Waals surface area contributed by atoms with Crippen LogP contribution in [0.2, 0.25) is 0 Å². The summed E-state index contributed by atoms with van der Waals surface area (Å²) in [6, 6.07) is 2.94. The van der Waals surface area contributed by atoms with Crippen molar-refractivity contribution in [2.75, 3.05) is 57.4 Å². The first kappa shape index (κ1) is 20.4. The minimum Gasteiger partial charge on any atom is -0.379 e. The average Bonchev–Trinajstić information content (AvgIpc) is 2.49. The van der Waals surface area contributed by atoms with E-state index in [1.54, 1.807) is 4.90 Å². The van der Waals surface area contributed by atoms with Gasteiger partial charge in [-0.25, -0.2) is 8.78 Å². The van der Waals surface area contributed by atoms with E-state index in [9.17, 15) is 8.78 Å². The van der Waals surface area contributed by atoms with Gasteiger partial charge in [-0.05, 0) is 17.7 Å². The molecule has 23 heavy (non-hydrogen) atoms. The monoisotopic (exact) mass is 369 g/mol. The lowest BCUT2D eigenvalue weighted by molar-refractivity contribution is 0.0341. The van der Waals surface area contributed by atoms with Gasteiger partial charge in [0.05, 0.1) is 13.2 Å². The number of hydrogen-bond donors (Lipinski definition) is 1. The summed E-state index contributed by atoms with van der Waals surface area (Å²) >= 11 is 0. The lowest BCUT2D eigenvalue weighted by atomic mass is 10.1. The number of benzene rings is 1. The van der Waals surface area contributed by atoms with Crippen molar-refractivity contribution in [3.05, 3.63) is 29.3 Å². The van der Waals surface area contributed by atoms with Crippen molar-refractivity contribution in [1.82, 2.24) is 10.2 Å². The molecule has 0 unspecified atom stereocenters. The van der Waals surface area contributed by atoms with E-state index in [2.05, 4.69) is 10.2 Å². The van der Waals surface area contributed by atoms with Crippen LogP contribution in [-0.4, -0.2) is 57.4 Å². The molecule has 0 radical (unpaired) electrons. The molecule has 2 saturated heterocycles. The maximum Gasteiger partial charge on any atom is 0.149 e. The standard InChI is InChI=1S/C15H21F2N3O.2ClH/c16-13-9-12(11-19-5-7-21-8-6-19)10-14(17)15(13)20-3-1-18-2-4-20;;/h9-10,18H,1-8,11H2;2*1H. The molecule has 8 heteroatoms. The van der Waals surface area contributed by atoms with Crippen LogP contribution in [0.25, 0.3) is 0 Å². The first-order valence-electron chi connectivity index (χ1n) is 7.48. The van der Waals surface area contributed by atoms with Crippen LogP contribution in [0, 0.1) is 11.6 Å². The number of anilines is 1. The largest absolute Gasteiger partial charge is 0.379 e. The molecule has 0 aromatic heterocycles.